The van der Waals surface area contributed by atoms with Gasteiger partial charge in [-0.15, -0.1) is 21.5 Å². The van der Waals surface area contributed by atoms with Crippen LogP contribution in [0.15, 0.2) is 66.9 Å². The lowest BCUT2D eigenvalue weighted by Gasteiger charge is -2.11. The Morgan fingerprint density at radius 1 is 0.966 bits per heavy atom. The van der Waals surface area contributed by atoms with Crippen LogP contribution in [0.1, 0.15) is 28.5 Å². The van der Waals surface area contributed by atoms with E-state index in [-0.39, 0.29) is 18.0 Å². The molecule has 0 aliphatic carbocycles. The van der Waals surface area contributed by atoms with Gasteiger partial charge in [0.2, 0.25) is 0 Å². The van der Waals surface area contributed by atoms with Crippen LogP contribution in [0.2, 0.25) is 0 Å². The molecular weight excluding hydrogens is 388 g/mol. The molecule has 0 aliphatic heterocycles. The van der Waals surface area contributed by atoms with Gasteiger partial charge in [0.25, 0.3) is 5.91 Å². The second kappa shape index (κ2) is 8.11. The molecule has 1 atom stereocenters. The van der Waals surface area contributed by atoms with Crippen molar-refractivity contribution < 1.29 is 9.59 Å². The van der Waals surface area contributed by atoms with Crippen LogP contribution < -0.4 is 16.0 Å². The van der Waals surface area contributed by atoms with Gasteiger partial charge in [-0.05, 0) is 43.3 Å². The minimum Gasteiger partial charge on any atom is -0.342 e. The van der Waals surface area contributed by atoms with Gasteiger partial charge in [0, 0.05) is 11.9 Å². The molecule has 3 amide bonds. The van der Waals surface area contributed by atoms with Crippen LogP contribution in [0.5, 0.6) is 0 Å². The number of carbonyl (C=O) groups is 2. The molecule has 3 N–H and O–H groups in total. The quantitative estimate of drug-likeness (QED) is 0.467. The summed E-state index contributed by atoms with van der Waals surface area (Å²) in [6.45, 7) is 1.85. The normalized spacial score (nSPS) is 11.8. The summed E-state index contributed by atoms with van der Waals surface area (Å²) in [4.78, 5) is 25.2. The highest BCUT2D eigenvalue weighted by molar-refractivity contribution is 7.18. The predicted molar refractivity (Wildman–Crippen MR) is 112 cm³/mol. The fourth-order valence-electron chi connectivity index (χ4n) is 2.81. The van der Waals surface area contributed by atoms with E-state index in [4.69, 9.17) is 0 Å². The van der Waals surface area contributed by atoms with Gasteiger partial charge in [-0.1, -0.05) is 24.3 Å². The first-order valence-corrected chi connectivity index (χ1v) is 9.75. The Bertz CT molecular complexity index is 1150. The first kappa shape index (κ1) is 18.6. The average molecular weight is 406 g/mol. The third-order valence-electron chi connectivity index (χ3n) is 4.17. The number of urea groups is 1. The largest absolute Gasteiger partial charge is 0.342 e. The molecule has 0 saturated carbocycles. The van der Waals surface area contributed by atoms with E-state index in [2.05, 4.69) is 26.1 Å². The number of pyridine rings is 1. The molecule has 0 spiro atoms. The monoisotopic (exact) mass is 406 g/mol. The number of para-hydroxylation sites is 1. The Morgan fingerprint density at radius 2 is 1.76 bits per heavy atom. The molecule has 1 aromatic carbocycles. The number of amides is 3. The average Bonchev–Trinajstić information content (AvgIpc) is 3.35. The van der Waals surface area contributed by atoms with Gasteiger partial charge in [0.1, 0.15) is 0 Å². The summed E-state index contributed by atoms with van der Waals surface area (Å²) in [7, 11) is 0. The number of nitrogens with one attached hydrogen (secondary N) is 3. The lowest BCUT2D eigenvalue weighted by Crippen LogP contribution is -2.27. The van der Waals surface area contributed by atoms with Gasteiger partial charge in [0.15, 0.2) is 11.5 Å². The van der Waals surface area contributed by atoms with Crippen molar-refractivity contribution in [3.05, 3.63) is 77.6 Å². The Hall–Kier alpha value is -3.72. The van der Waals surface area contributed by atoms with E-state index in [0.717, 1.165) is 5.65 Å². The highest BCUT2D eigenvalue weighted by atomic mass is 32.1. The van der Waals surface area contributed by atoms with Gasteiger partial charge in [0.05, 0.1) is 15.9 Å². The highest BCUT2D eigenvalue weighted by Gasteiger charge is 2.18. The molecule has 146 valence electrons. The zero-order valence-corrected chi connectivity index (χ0v) is 16.3. The summed E-state index contributed by atoms with van der Waals surface area (Å²) in [5, 5.41) is 17.2. The van der Waals surface area contributed by atoms with Gasteiger partial charge in [-0.3, -0.25) is 14.5 Å². The lowest BCUT2D eigenvalue weighted by atomic mass is 10.3. The number of nitrogens with zero attached hydrogens (tertiary/aromatic N) is 3. The standard InChI is InChI=1S/C20H18N6O2S/c1-13(18-25-24-16-9-5-6-12-26(16)18)21-19(27)15-10-11-17(29-15)23-20(28)22-14-7-3-2-4-8-14/h2-13H,1H3,(H,21,27)(H2,22,23,28). The number of anilines is 2. The Kier molecular flexibility index (Phi) is 5.21. The van der Waals surface area contributed by atoms with E-state index in [9.17, 15) is 9.59 Å². The fourth-order valence-corrected chi connectivity index (χ4v) is 3.61. The van der Waals surface area contributed by atoms with Crippen molar-refractivity contribution in [2.24, 2.45) is 0 Å². The van der Waals surface area contributed by atoms with Gasteiger partial charge < -0.3 is 10.6 Å². The topological polar surface area (TPSA) is 100 Å². The van der Waals surface area contributed by atoms with Crippen LogP contribution in [0, 0.1) is 0 Å². The van der Waals surface area contributed by atoms with Gasteiger partial charge in [-0.25, -0.2) is 4.79 Å². The molecule has 9 heteroatoms. The number of thiophene rings is 1. The van der Waals surface area contributed by atoms with Crippen molar-refractivity contribution in [2.75, 3.05) is 10.6 Å². The smallest absolute Gasteiger partial charge is 0.324 e. The van der Waals surface area contributed by atoms with Crippen molar-refractivity contribution in [1.29, 1.82) is 0 Å². The molecule has 29 heavy (non-hydrogen) atoms. The predicted octanol–water partition coefficient (Wildman–Crippen LogP) is 3.93. The maximum Gasteiger partial charge on any atom is 0.324 e. The summed E-state index contributed by atoms with van der Waals surface area (Å²) in [5.74, 6) is 0.401. The molecule has 1 unspecified atom stereocenters. The van der Waals surface area contributed by atoms with Crippen LogP contribution >= 0.6 is 11.3 Å². The molecular formula is C20H18N6O2S. The highest BCUT2D eigenvalue weighted by Crippen LogP contribution is 2.23. The summed E-state index contributed by atoms with van der Waals surface area (Å²) in [6, 6.07) is 17.4. The van der Waals surface area contributed by atoms with Crippen LogP contribution in [0.3, 0.4) is 0 Å². The van der Waals surface area contributed by atoms with Crippen LogP contribution in [-0.4, -0.2) is 26.5 Å². The zero-order valence-electron chi connectivity index (χ0n) is 15.5. The molecule has 3 aromatic heterocycles. The molecule has 3 heterocycles. The molecule has 4 rings (SSSR count). The third-order valence-corrected chi connectivity index (χ3v) is 5.17. The number of fused-ring (bicyclic) bond motifs is 1. The van der Waals surface area contributed by atoms with E-state index in [1.165, 1.54) is 11.3 Å². The number of rotatable bonds is 5. The van der Waals surface area contributed by atoms with E-state index in [1.807, 2.05) is 53.9 Å². The van der Waals surface area contributed by atoms with E-state index >= 15 is 0 Å². The van der Waals surface area contributed by atoms with Crippen molar-refractivity contribution in [3.8, 4) is 0 Å². The number of hydrogen-bond donors (Lipinski definition) is 3. The zero-order chi connectivity index (χ0) is 20.2. The number of benzene rings is 1. The molecule has 0 saturated heterocycles. The van der Waals surface area contributed by atoms with Crippen molar-refractivity contribution in [2.45, 2.75) is 13.0 Å². The molecule has 0 aliphatic rings. The van der Waals surface area contributed by atoms with E-state index in [1.54, 1.807) is 24.3 Å². The minimum absolute atomic E-state index is 0.244. The summed E-state index contributed by atoms with van der Waals surface area (Å²) < 4.78 is 1.83. The lowest BCUT2D eigenvalue weighted by molar-refractivity contribution is 0.0942. The first-order chi connectivity index (χ1) is 14.1. The second-order valence-corrected chi connectivity index (χ2v) is 7.38. The second-order valence-electron chi connectivity index (χ2n) is 6.29. The summed E-state index contributed by atoms with van der Waals surface area (Å²) >= 11 is 1.20. The molecule has 8 nitrogen and oxygen atoms in total. The Morgan fingerprint density at radius 3 is 2.59 bits per heavy atom. The Balaban J connectivity index is 1.38. The van der Waals surface area contributed by atoms with Crippen molar-refractivity contribution in [1.82, 2.24) is 19.9 Å². The molecule has 0 fully saturated rings. The SMILES string of the molecule is CC(NC(=O)c1ccc(NC(=O)Nc2ccccc2)s1)c1nnc2ccccn12. The van der Waals surface area contributed by atoms with E-state index < -0.39 is 0 Å². The maximum atomic E-state index is 12.6. The maximum absolute atomic E-state index is 12.6. The number of carbonyl (C=O) groups excluding carboxylic acids is 2. The van der Waals surface area contributed by atoms with E-state index in [0.29, 0.717) is 21.4 Å². The van der Waals surface area contributed by atoms with Crippen LogP contribution in [-0.2, 0) is 0 Å². The van der Waals surface area contributed by atoms with Crippen LogP contribution in [0.25, 0.3) is 5.65 Å². The molecule has 0 radical (unpaired) electrons. The summed E-state index contributed by atoms with van der Waals surface area (Å²) in [5.41, 5.74) is 1.41. The van der Waals surface area contributed by atoms with Crippen molar-refractivity contribution in [3.63, 3.8) is 0 Å². The minimum atomic E-state index is -0.367. The summed E-state index contributed by atoms with van der Waals surface area (Å²) in [6.07, 6.45) is 1.85. The van der Waals surface area contributed by atoms with Crippen LogP contribution in [0.4, 0.5) is 15.5 Å². The Labute approximate surface area is 170 Å². The number of hydrogen-bond acceptors (Lipinski definition) is 5. The van der Waals surface area contributed by atoms with Gasteiger partial charge >= 0.3 is 6.03 Å². The molecule has 0 bridgehead atoms. The first-order valence-electron chi connectivity index (χ1n) is 8.93. The van der Waals surface area contributed by atoms with Gasteiger partial charge in [-0.2, -0.15) is 0 Å². The fraction of sp³-hybridized carbons (Fsp3) is 0.100. The molecule has 4 aromatic rings. The number of aromatic nitrogens is 3. The third kappa shape index (κ3) is 4.25. The van der Waals surface area contributed by atoms with Crippen molar-refractivity contribution >= 4 is 39.6 Å².